The van der Waals surface area contributed by atoms with Crippen LogP contribution in [0.15, 0.2) is 24.3 Å². The van der Waals surface area contributed by atoms with Crippen molar-refractivity contribution in [2.45, 2.75) is 0 Å². The van der Waals surface area contributed by atoms with Crippen molar-refractivity contribution in [1.82, 2.24) is 4.90 Å². The van der Waals surface area contributed by atoms with Crippen LogP contribution in [0, 0.1) is 0 Å². The summed E-state index contributed by atoms with van der Waals surface area (Å²) in [6.07, 6.45) is 0. The second-order valence-corrected chi connectivity index (χ2v) is 4.47. The van der Waals surface area contributed by atoms with Crippen LogP contribution < -0.4 is 5.46 Å². The van der Waals surface area contributed by atoms with Crippen molar-refractivity contribution >= 4 is 36.1 Å². The van der Waals surface area contributed by atoms with Crippen LogP contribution in [0.4, 0.5) is 0 Å². The third-order valence-electron chi connectivity index (χ3n) is 2.42. The Kier molecular flexibility index (Phi) is 3.89. The number of benzene rings is 1. The minimum atomic E-state index is -1.00. The van der Waals surface area contributed by atoms with E-state index in [-0.39, 0.29) is 13.1 Å². The van der Waals surface area contributed by atoms with Crippen LogP contribution in [0.1, 0.15) is 0 Å². The fourth-order valence-corrected chi connectivity index (χ4v) is 1.72. The summed E-state index contributed by atoms with van der Waals surface area (Å²) >= 11 is 5.76. The van der Waals surface area contributed by atoms with Gasteiger partial charge in [-0.25, -0.2) is 0 Å². The quantitative estimate of drug-likeness (QED) is 0.674. The molecule has 7 heteroatoms. The molecule has 1 heterocycles. The van der Waals surface area contributed by atoms with Gasteiger partial charge in [-0.3, -0.25) is 14.5 Å². The smallest absolute Gasteiger partial charge is 0.494 e. The first kappa shape index (κ1) is 12.9. The van der Waals surface area contributed by atoms with Crippen molar-refractivity contribution in [3.8, 4) is 0 Å². The maximum atomic E-state index is 11.5. The zero-order valence-corrected chi connectivity index (χ0v) is 10.5. The molecule has 0 aromatic heterocycles. The Morgan fingerprint density at radius 1 is 1.11 bits per heavy atom. The van der Waals surface area contributed by atoms with E-state index < -0.39 is 19.1 Å². The molecule has 1 saturated heterocycles. The van der Waals surface area contributed by atoms with Gasteiger partial charge in [-0.1, -0.05) is 23.7 Å². The van der Waals surface area contributed by atoms with Crippen molar-refractivity contribution in [2.75, 3.05) is 20.1 Å². The average molecular weight is 267 g/mol. The third-order valence-corrected chi connectivity index (χ3v) is 2.67. The number of carbonyl (C=O) groups excluding carboxylic acids is 2. The molecule has 1 fully saturated rings. The van der Waals surface area contributed by atoms with Crippen LogP contribution in [0.25, 0.3) is 0 Å². The normalized spacial score (nSPS) is 17.8. The van der Waals surface area contributed by atoms with Crippen molar-refractivity contribution in [2.24, 2.45) is 0 Å². The van der Waals surface area contributed by atoms with E-state index in [9.17, 15) is 9.59 Å². The lowest BCUT2D eigenvalue weighted by atomic mass is 9.78. The van der Waals surface area contributed by atoms with Gasteiger partial charge >= 0.3 is 19.1 Å². The van der Waals surface area contributed by atoms with Gasteiger partial charge in [-0.05, 0) is 19.2 Å². The first-order valence-corrected chi connectivity index (χ1v) is 5.75. The molecule has 0 radical (unpaired) electrons. The molecule has 1 aromatic rings. The summed E-state index contributed by atoms with van der Waals surface area (Å²) in [5.74, 6) is -0.880. The number of hydrogen-bond acceptors (Lipinski definition) is 5. The first-order chi connectivity index (χ1) is 8.54. The van der Waals surface area contributed by atoms with Gasteiger partial charge < -0.3 is 9.31 Å². The highest BCUT2D eigenvalue weighted by atomic mass is 35.5. The second kappa shape index (κ2) is 5.41. The van der Waals surface area contributed by atoms with E-state index >= 15 is 0 Å². The Morgan fingerprint density at radius 3 is 2.11 bits per heavy atom. The maximum Gasteiger partial charge on any atom is 0.636 e. The van der Waals surface area contributed by atoms with Crippen molar-refractivity contribution in [1.29, 1.82) is 0 Å². The van der Waals surface area contributed by atoms with Crippen molar-refractivity contribution in [3.63, 3.8) is 0 Å². The Morgan fingerprint density at radius 2 is 1.61 bits per heavy atom. The Bertz CT molecular complexity index is 445. The third kappa shape index (κ3) is 3.24. The largest absolute Gasteiger partial charge is 0.636 e. The molecule has 0 N–H and O–H groups in total. The standard InChI is InChI=1S/C11H11BClNO4/c1-14-6-10(15)17-12(18-11(16)7-14)8-2-4-9(13)5-3-8/h2-5H,6-7H2,1H3. The van der Waals surface area contributed by atoms with Gasteiger partial charge in [0.05, 0.1) is 13.1 Å². The number of likely N-dealkylation sites (N-methyl/N-ethyl adjacent to an activating group) is 1. The van der Waals surface area contributed by atoms with Crippen molar-refractivity contribution < 1.29 is 18.9 Å². The summed E-state index contributed by atoms with van der Waals surface area (Å²) in [7, 11) is 0.640. The number of rotatable bonds is 1. The lowest BCUT2D eigenvalue weighted by Crippen LogP contribution is -2.47. The van der Waals surface area contributed by atoms with E-state index in [1.165, 1.54) is 4.90 Å². The van der Waals surface area contributed by atoms with Crippen LogP contribution in [-0.2, 0) is 18.9 Å². The highest BCUT2D eigenvalue weighted by molar-refractivity contribution is 6.64. The summed E-state index contributed by atoms with van der Waals surface area (Å²) in [6.45, 7) is 0.110. The topological polar surface area (TPSA) is 55.8 Å². The fourth-order valence-electron chi connectivity index (χ4n) is 1.59. The molecule has 5 nitrogen and oxygen atoms in total. The fraction of sp³-hybridized carbons (Fsp3) is 0.273. The molecule has 0 saturated carbocycles. The predicted octanol–water partition coefficient (Wildman–Crippen LogP) is 0.0670. The van der Waals surface area contributed by atoms with Gasteiger partial charge in [0.15, 0.2) is 0 Å². The lowest BCUT2D eigenvalue weighted by Gasteiger charge is -2.22. The number of nitrogens with zero attached hydrogens (tertiary/aromatic N) is 1. The van der Waals surface area contributed by atoms with Crippen LogP contribution in [0.3, 0.4) is 0 Å². The van der Waals surface area contributed by atoms with Gasteiger partial charge in [0.1, 0.15) is 0 Å². The monoisotopic (exact) mass is 267 g/mol. The molecule has 2 rings (SSSR count). The predicted molar refractivity (Wildman–Crippen MR) is 66.5 cm³/mol. The molecule has 1 aromatic carbocycles. The van der Waals surface area contributed by atoms with Crippen LogP contribution in [0.5, 0.6) is 0 Å². The van der Waals surface area contributed by atoms with Gasteiger partial charge in [0.25, 0.3) is 0 Å². The number of halogens is 1. The molecule has 0 amide bonds. The Balaban J connectivity index is 2.18. The number of hydrogen-bond donors (Lipinski definition) is 0. The summed E-state index contributed by atoms with van der Waals surface area (Å²) < 4.78 is 10.2. The van der Waals surface area contributed by atoms with Gasteiger partial charge in [0, 0.05) is 10.5 Å². The van der Waals surface area contributed by atoms with E-state index in [0.29, 0.717) is 10.5 Å². The van der Waals surface area contributed by atoms with E-state index in [2.05, 4.69) is 0 Å². The summed E-state index contributed by atoms with van der Waals surface area (Å²) in [4.78, 5) is 24.6. The summed E-state index contributed by atoms with van der Waals surface area (Å²) in [5.41, 5.74) is 0.575. The van der Waals surface area contributed by atoms with E-state index in [1.54, 1.807) is 31.3 Å². The minimum absolute atomic E-state index is 0.0548. The van der Waals surface area contributed by atoms with E-state index in [1.807, 2.05) is 0 Å². The van der Waals surface area contributed by atoms with Gasteiger partial charge in [-0.15, -0.1) is 0 Å². The molecular formula is C11H11BClNO4. The number of carbonyl (C=O) groups is 2. The molecule has 1 aliphatic rings. The zero-order chi connectivity index (χ0) is 13.1. The highest BCUT2D eigenvalue weighted by Crippen LogP contribution is 2.06. The maximum absolute atomic E-state index is 11.5. The van der Waals surface area contributed by atoms with E-state index in [4.69, 9.17) is 20.9 Å². The summed E-state index contributed by atoms with van der Waals surface area (Å²) in [6, 6.07) is 6.59. The molecule has 0 unspecified atom stereocenters. The summed E-state index contributed by atoms with van der Waals surface area (Å²) in [5, 5.41) is 0.557. The molecule has 0 atom stereocenters. The molecule has 94 valence electrons. The highest BCUT2D eigenvalue weighted by Gasteiger charge is 2.33. The van der Waals surface area contributed by atoms with Gasteiger partial charge in [-0.2, -0.15) is 0 Å². The molecule has 0 aliphatic carbocycles. The second-order valence-electron chi connectivity index (χ2n) is 4.04. The average Bonchev–Trinajstić information content (AvgIpc) is 2.26. The molecule has 1 aliphatic heterocycles. The lowest BCUT2D eigenvalue weighted by molar-refractivity contribution is -0.145. The van der Waals surface area contributed by atoms with Crippen LogP contribution in [0.2, 0.25) is 5.02 Å². The van der Waals surface area contributed by atoms with Gasteiger partial charge in [0.2, 0.25) is 0 Å². The Hall–Kier alpha value is -1.53. The van der Waals surface area contributed by atoms with Crippen LogP contribution in [-0.4, -0.2) is 44.1 Å². The molecule has 0 bridgehead atoms. The first-order valence-electron chi connectivity index (χ1n) is 5.37. The minimum Gasteiger partial charge on any atom is -0.494 e. The van der Waals surface area contributed by atoms with E-state index in [0.717, 1.165) is 0 Å². The SMILES string of the molecule is CN1CC(=O)OB(c2ccc(Cl)cc2)OC(=O)C1. The van der Waals surface area contributed by atoms with Crippen LogP contribution >= 0.6 is 11.6 Å². The molecule has 0 spiro atoms. The van der Waals surface area contributed by atoms with Crippen molar-refractivity contribution in [3.05, 3.63) is 29.3 Å². The zero-order valence-electron chi connectivity index (χ0n) is 9.76. The Labute approximate surface area is 110 Å². The molecular weight excluding hydrogens is 256 g/mol. The molecule has 18 heavy (non-hydrogen) atoms.